The number of amides is 1. The third-order valence-corrected chi connectivity index (χ3v) is 5.40. The molecule has 1 saturated carbocycles. The summed E-state index contributed by atoms with van der Waals surface area (Å²) >= 11 is 0. The molecule has 3 heterocycles. The van der Waals surface area contributed by atoms with Crippen LogP contribution in [0.2, 0.25) is 0 Å². The Labute approximate surface area is 153 Å². The lowest BCUT2D eigenvalue weighted by Gasteiger charge is -2.37. The molecular formula is C19H25N5O2. The lowest BCUT2D eigenvalue weighted by Crippen LogP contribution is -2.50. The van der Waals surface area contributed by atoms with E-state index in [1.165, 1.54) is 19.3 Å². The first-order chi connectivity index (χ1) is 12.7. The third kappa shape index (κ3) is 3.57. The van der Waals surface area contributed by atoms with Crippen LogP contribution >= 0.6 is 0 Å². The van der Waals surface area contributed by atoms with Gasteiger partial charge in [-0.1, -0.05) is 24.4 Å². The molecule has 1 saturated heterocycles. The van der Waals surface area contributed by atoms with Gasteiger partial charge in [0, 0.05) is 50.8 Å². The Morgan fingerprint density at radius 3 is 2.50 bits per heavy atom. The predicted molar refractivity (Wildman–Crippen MR) is 97.6 cm³/mol. The van der Waals surface area contributed by atoms with Crippen LogP contribution in [0.5, 0.6) is 0 Å². The molecule has 2 aliphatic rings. The molecule has 1 aliphatic carbocycles. The molecule has 2 fully saturated rings. The van der Waals surface area contributed by atoms with Gasteiger partial charge in [-0.25, -0.2) is 4.98 Å². The second-order valence-corrected chi connectivity index (χ2v) is 7.19. The number of piperazine rings is 1. The van der Waals surface area contributed by atoms with E-state index >= 15 is 0 Å². The van der Waals surface area contributed by atoms with Crippen LogP contribution in [0.25, 0.3) is 11.4 Å². The van der Waals surface area contributed by atoms with Crippen LogP contribution in [0, 0.1) is 12.8 Å². The van der Waals surface area contributed by atoms with E-state index in [4.69, 9.17) is 4.52 Å². The quantitative estimate of drug-likeness (QED) is 0.843. The zero-order chi connectivity index (χ0) is 17.9. The maximum atomic E-state index is 12.7. The molecule has 0 unspecified atom stereocenters. The summed E-state index contributed by atoms with van der Waals surface area (Å²) in [6.45, 7) is 4.98. The lowest BCUT2D eigenvalue weighted by molar-refractivity contribution is -0.136. The molecule has 2 aromatic heterocycles. The molecule has 0 spiro atoms. The minimum atomic E-state index is 0.256. The number of hydrogen-bond acceptors (Lipinski definition) is 6. The van der Waals surface area contributed by atoms with Gasteiger partial charge >= 0.3 is 0 Å². The fraction of sp³-hybridized carbons (Fsp3) is 0.579. The van der Waals surface area contributed by atoms with Crippen LogP contribution in [0.4, 0.5) is 5.82 Å². The molecule has 1 aliphatic heterocycles. The number of rotatable bonds is 3. The van der Waals surface area contributed by atoms with Gasteiger partial charge in [0.1, 0.15) is 5.82 Å². The van der Waals surface area contributed by atoms with Crippen LogP contribution in [-0.2, 0) is 4.79 Å². The Balaban J connectivity index is 1.35. The third-order valence-electron chi connectivity index (χ3n) is 5.40. The Morgan fingerprint density at radius 2 is 1.88 bits per heavy atom. The summed E-state index contributed by atoms with van der Waals surface area (Å²) in [5.74, 6) is 2.65. The molecule has 1 amide bonds. The highest BCUT2D eigenvalue weighted by Gasteiger charge is 2.28. The Kier molecular flexibility index (Phi) is 4.86. The number of nitrogens with zero attached hydrogens (tertiary/aromatic N) is 5. The van der Waals surface area contributed by atoms with Crippen molar-refractivity contribution in [3.63, 3.8) is 0 Å². The van der Waals surface area contributed by atoms with E-state index in [1.807, 2.05) is 17.0 Å². The molecule has 7 heteroatoms. The summed E-state index contributed by atoms with van der Waals surface area (Å²) in [4.78, 5) is 25.7. The highest BCUT2D eigenvalue weighted by atomic mass is 16.5. The summed E-state index contributed by atoms with van der Waals surface area (Å²) < 4.78 is 5.01. The SMILES string of the molecule is Cc1nc(-c2ccc(N3CCN(C(=O)C4CCCCC4)CC3)nc2)no1. The van der Waals surface area contributed by atoms with Crippen molar-refractivity contribution in [3.05, 3.63) is 24.2 Å². The normalized spacial score (nSPS) is 19.0. The van der Waals surface area contributed by atoms with E-state index < -0.39 is 0 Å². The smallest absolute Gasteiger partial charge is 0.225 e. The fourth-order valence-electron chi connectivity index (χ4n) is 3.89. The first-order valence-corrected chi connectivity index (χ1v) is 9.51. The molecule has 4 rings (SSSR count). The minimum absolute atomic E-state index is 0.256. The van der Waals surface area contributed by atoms with Gasteiger partial charge in [-0.05, 0) is 25.0 Å². The molecular weight excluding hydrogens is 330 g/mol. The molecule has 0 radical (unpaired) electrons. The Morgan fingerprint density at radius 1 is 1.12 bits per heavy atom. The lowest BCUT2D eigenvalue weighted by atomic mass is 9.88. The van der Waals surface area contributed by atoms with Gasteiger partial charge in [-0.2, -0.15) is 4.98 Å². The first-order valence-electron chi connectivity index (χ1n) is 9.51. The van der Waals surface area contributed by atoms with Crippen molar-refractivity contribution >= 4 is 11.7 Å². The van der Waals surface area contributed by atoms with Crippen LogP contribution in [-0.4, -0.2) is 52.1 Å². The van der Waals surface area contributed by atoms with Crippen LogP contribution in [0.1, 0.15) is 38.0 Å². The molecule has 7 nitrogen and oxygen atoms in total. The number of aryl methyl sites for hydroxylation is 1. The standard InChI is InChI=1S/C19H25N5O2/c1-14-21-18(22-26-14)16-7-8-17(20-13-16)23-9-11-24(12-10-23)19(25)15-5-3-2-4-6-15/h7-8,13,15H,2-6,9-12H2,1H3. The van der Waals surface area contributed by atoms with Crippen molar-refractivity contribution in [2.75, 3.05) is 31.1 Å². The maximum Gasteiger partial charge on any atom is 0.225 e. The van der Waals surface area contributed by atoms with E-state index in [0.29, 0.717) is 17.6 Å². The molecule has 26 heavy (non-hydrogen) atoms. The van der Waals surface area contributed by atoms with Crippen molar-refractivity contribution in [2.24, 2.45) is 5.92 Å². The molecule has 0 aromatic carbocycles. The van der Waals surface area contributed by atoms with Crippen LogP contribution in [0.15, 0.2) is 22.9 Å². The molecule has 0 N–H and O–H groups in total. The summed E-state index contributed by atoms with van der Waals surface area (Å²) in [5, 5.41) is 3.92. The minimum Gasteiger partial charge on any atom is -0.353 e. The van der Waals surface area contributed by atoms with Gasteiger partial charge in [0.25, 0.3) is 0 Å². The van der Waals surface area contributed by atoms with E-state index in [1.54, 1.807) is 13.1 Å². The van der Waals surface area contributed by atoms with Gasteiger partial charge in [0.05, 0.1) is 0 Å². The van der Waals surface area contributed by atoms with E-state index in [0.717, 1.165) is 50.4 Å². The zero-order valence-electron chi connectivity index (χ0n) is 15.2. The van der Waals surface area contributed by atoms with Crippen molar-refractivity contribution in [1.82, 2.24) is 20.0 Å². The summed E-state index contributed by atoms with van der Waals surface area (Å²) in [6.07, 6.45) is 7.59. The van der Waals surface area contributed by atoms with Crippen molar-refractivity contribution < 1.29 is 9.32 Å². The average Bonchev–Trinajstić information content (AvgIpc) is 3.15. The van der Waals surface area contributed by atoms with Gasteiger partial charge in [-0.3, -0.25) is 4.79 Å². The average molecular weight is 355 g/mol. The maximum absolute atomic E-state index is 12.7. The fourth-order valence-corrected chi connectivity index (χ4v) is 3.89. The number of hydrogen-bond donors (Lipinski definition) is 0. The van der Waals surface area contributed by atoms with Crippen molar-refractivity contribution in [2.45, 2.75) is 39.0 Å². The number of carbonyl (C=O) groups excluding carboxylic acids is 1. The number of anilines is 1. The monoisotopic (exact) mass is 355 g/mol. The second-order valence-electron chi connectivity index (χ2n) is 7.19. The Hall–Kier alpha value is -2.44. The van der Waals surface area contributed by atoms with E-state index in [2.05, 4.69) is 20.0 Å². The summed E-state index contributed by atoms with van der Waals surface area (Å²) in [6, 6.07) is 3.95. The summed E-state index contributed by atoms with van der Waals surface area (Å²) in [5.41, 5.74) is 0.844. The first kappa shape index (κ1) is 17.0. The molecule has 138 valence electrons. The van der Waals surface area contributed by atoms with Gasteiger partial charge in [0.15, 0.2) is 0 Å². The molecule has 0 atom stereocenters. The van der Waals surface area contributed by atoms with Gasteiger partial charge in [0.2, 0.25) is 17.6 Å². The van der Waals surface area contributed by atoms with Gasteiger partial charge < -0.3 is 14.3 Å². The van der Waals surface area contributed by atoms with E-state index in [-0.39, 0.29) is 5.92 Å². The number of carbonyl (C=O) groups is 1. The topological polar surface area (TPSA) is 75.4 Å². The van der Waals surface area contributed by atoms with Gasteiger partial charge in [-0.15, -0.1) is 0 Å². The highest BCUT2D eigenvalue weighted by Crippen LogP contribution is 2.26. The second kappa shape index (κ2) is 7.43. The number of pyridine rings is 1. The molecule has 0 bridgehead atoms. The Bertz CT molecular complexity index is 744. The van der Waals surface area contributed by atoms with E-state index in [9.17, 15) is 4.79 Å². The molecule has 2 aromatic rings. The van der Waals surface area contributed by atoms with Crippen molar-refractivity contribution in [3.8, 4) is 11.4 Å². The predicted octanol–water partition coefficient (Wildman–Crippen LogP) is 2.67. The van der Waals surface area contributed by atoms with Crippen molar-refractivity contribution in [1.29, 1.82) is 0 Å². The highest BCUT2D eigenvalue weighted by molar-refractivity contribution is 5.79. The number of aromatic nitrogens is 3. The van der Waals surface area contributed by atoms with Crippen LogP contribution in [0.3, 0.4) is 0 Å². The summed E-state index contributed by atoms with van der Waals surface area (Å²) in [7, 11) is 0. The zero-order valence-corrected chi connectivity index (χ0v) is 15.2. The van der Waals surface area contributed by atoms with Crippen LogP contribution < -0.4 is 4.90 Å². The largest absolute Gasteiger partial charge is 0.353 e.